The number of aromatic nitrogens is 1. The molecule has 0 aliphatic rings. The summed E-state index contributed by atoms with van der Waals surface area (Å²) < 4.78 is 5.51. The Morgan fingerprint density at radius 3 is 2.22 bits per heavy atom. The lowest BCUT2D eigenvalue weighted by Crippen LogP contribution is -2.46. The van der Waals surface area contributed by atoms with Crippen molar-refractivity contribution in [3.63, 3.8) is 0 Å². The third kappa shape index (κ3) is 12.1. The van der Waals surface area contributed by atoms with Crippen LogP contribution >= 0.6 is 11.3 Å². The Labute approximate surface area is 277 Å². The molecular weight excluding hydrogens is 606 g/mol. The first-order valence-corrected chi connectivity index (χ1v) is 17.0. The lowest BCUT2D eigenvalue weighted by Gasteiger charge is -2.36. The highest BCUT2D eigenvalue weighted by atomic mass is 32.1. The maximum absolute atomic E-state index is 13.8. The van der Waals surface area contributed by atoms with Crippen molar-refractivity contribution >= 4 is 35.1 Å². The van der Waals surface area contributed by atoms with Crippen LogP contribution in [-0.4, -0.2) is 68.6 Å². The molecule has 3 N–H and O–H groups in total. The van der Waals surface area contributed by atoms with Crippen LogP contribution in [0.4, 0.5) is 0 Å². The fourth-order valence-electron chi connectivity index (χ4n) is 5.43. The van der Waals surface area contributed by atoms with Crippen LogP contribution < -0.4 is 5.32 Å². The number of amides is 2. The van der Waals surface area contributed by atoms with Gasteiger partial charge in [-0.3, -0.25) is 19.2 Å². The number of ether oxygens (including phenoxy) is 1. The minimum Gasteiger partial charge on any atom is -0.481 e. The Morgan fingerprint density at radius 1 is 1.04 bits per heavy atom. The van der Waals surface area contributed by atoms with Crippen LogP contribution in [0, 0.1) is 23.7 Å². The number of hydrogen-bond acceptors (Lipinski definition) is 8. The smallest absolute Gasteiger partial charge is 0.307 e. The van der Waals surface area contributed by atoms with Crippen LogP contribution in [0.5, 0.6) is 0 Å². The van der Waals surface area contributed by atoms with Crippen LogP contribution in [0.25, 0.3) is 0 Å². The molecule has 0 aliphatic heterocycles. The molecule has 0 unspecified atom stereocenters. The van der Waals surface area contributed by atoms with Gasteiger partial charge in [0.1, 0.15) is 22.4 Å². The van der Waals surface area contributed by atoms with Gasteiger partial charge < -0.3 is 25.2 Å². The van der Waals surface area contributed by atoms with Crippen LogP contribution in [-0.2, 0) is 25.5 Å². The molecule has 6 atom stereocenters. The number of esters is 1. The average molecular weight is 660 g/mol. The van der Waals surface area contributed by atoms with E-state index in [0.29, 0.717) is 17.8 Å². The SMILES string of the molecule is CC[C@H](C)[C@H](CC(=O)OC(C)(C)C)C(=O)N(C)[C@H](C[C@@H](O)c1nc(C(=O)N[C@@H](Cc2ccccc2)C[C@H](C)C(=O)O)cs1)C(C)C. The second-order valence-electron chi connectivity index (χ2n) is 13.7. The number of aliphatic carboxylic acids is 1. The molecule has 10 nitrogen and oxygen atoms in total. The van der Waals surface area contributed by atoms with Gasteiger partial charge in [-0.25, -0.2) is 4.98 Å². The van der Waals surface area contributed by atoms with Gasteiger partial charge in [-0.05, 0) is 51.0 Å². The molecule has 2 amide bonds. The van der Waals surface area contributed by atoms with E-state index >= 15 is 0 Å². The number of carbonyl (C=O) groups is 4. The van der Waals surface area contributed by atoms with E-state index in [4.69, 9.17) is 4.74 Å². The summed E-state index contributed by atoms with van der Waals surface area (Å²) in [5, 5.41) is 25.5. The van der Waals surface area contributed by atoms with E-state index in [-0.39, 0.29) is 48.7 Å². The fraction of sp³-hybridized carbons (Fsp3) is 0.629. The Kier molecular flexibility index (Phi) is 14.8. The number of rotatable bonds is 17. The van der Waals surface area contributed by atoms with E-state index in [1.165, 1.54) is 0 Å². The predicted octanol–water partition coefficient (Wildman–Crippen LogP) is 5.90. The number of hydrogen-bond donors (Lipinski definition) is 3. The van der Waals surface area contributed by atoms with Gasteiger partial charge in [0.05, 0.1) is 18.3 Å². The van der Waals surface area contributed by atoms with Gasteiger partial charge >= 0.3 is 11.9 Å². The second kappa shape index (κ2) is 17.6. The molecule has 2 rings (SSSR count). The summed E-state index contributed by atoms with van der Waals surface area (Å²) in [6, 6.07) is 8.75. The van der Waals surface area contributed by atoms with Gasteiger partial charge in [0.2, 0.25) is 5.91 Å². The zero-order valence-corrected chi connectivity index (χ0v) is 29.6. The van der Waals surface area contributed by atoms with E-state index in [0.717, 1.165) is 16.9 Å². The van der Waals surface area contributed by atoms with Gasteiger partial charge in [0, 0.05) is 30.9 Å². The molecule has 0 spiro atoms. The first-order chi connectivity index (χ1) is 21.4. The standard InChI is InChI=1S/C35H53N3O7S/c1-10-22(4)26(18-30(40)45-35(6,7)8)33(42)38(9)28(21(2)3)19-29(39)32-37-27(20-46-32)31(41)36-25(16-23(5)34(43)44)17-24-14-12-11-13-15-24/h11-15,20-23,25-26,28-29,39H,10,16-19H2,1-9H3,(H,36,41)(H,43,44)/t22-,23-,25+,26-,28+,29+/m0/s1. The Morgan fingerprint density at radius 2 is 1.67 bits per heavy atom. The third-order valence-electron chi connectivity index (χ3n) is 8.29. The normalized spacial score (nSPS) is 15.7. The largest absolute Gasteiger partial charge is 0.481 e. The van der Waals surface area contributed by atoms with E-state index in [1.807, 2.05) is 58.0 Å². The molecule has 1 heterocycles. The minimum absolute atomic E-state index is 0.0135. The van der Waals surface area contributed by atoms with Crippen molar-refractivity contribution in [2.75, 3.05) is 7.05 Å². The monoisotopic (exact) mass is 659 g/mol. The first-order valence-electron chi connectivity index (χ1n) is 16.1. The molecule has 0 aliphatic carbocycles. The highest BCUT2D eigenvalue weighted by Crippen LogP contribution is 2.30. The lowest BCUT2D eigenvalue weighted by molar-refractivity contribution is -0.159. The molecule has 46 heavy (non-hydrogen) atoms. The van der Waals surface area contributed by atoms with Crippen molar-refractivity contribution in [3.05, 3.63) is 52.0 Å². The van der Waals surface area contributed by atoms with Gasteiger partial charge in [-0.1, -0.05) is 71.4 Å². The van der Waals surface area contributed by atoms with Gasteiger partial charge in [0.25, 0.3) is 5.91 Å². The Bertz CT molecular complexity index is 1290. The molecule has 0 bridgehead atoms. The quantitative estimate of drug-likeness (QED) is 0.178. The fourth-order valence-corrected chi connectivity index (χ4v) is 6.23. The number of benzene rings is 1. The third-order valence-corrected chi connectivity index (χ3v) is 9.24. The van der Waals surface area contributed by atoms with E-state index in [1.54, 1.807) is 45.0 Å². The molecule has 256 valence electrons. The molecule has 0 fully saturated rings. The van der Waals surface area contributed by atoms with Crippen molar-refractivity contribution < 1.29 is 34.1 Å². The molecule has 1 aromatic heterocycles. The number of carboxylic acid groups (broad SMARTS) is 1. The Balaban J connectivity index is 2.17. The zero-order valence-electron chi connectivity index (χ0n) is 28.8. The summed E-state index contributed by atoms with van der Waals surface area (Å²) in [7, 11) is 1.70. The van der Waals surface area contributed by atoms with Crippen molar-refractivity contribution in [2.24, 2.45) is 23.7 Å². The summed E-state index contributed by atoms with van der Waals surface area (Å²) in [6.45, 7) is 14.9. The molecule has 0 saturated carbocycles. The van der Waals surface area contributed by atoms with Crippen molar-refractivity contribution in [3.8, 4) is 0 Å². The number of aliphatic hydroxyl groups is 1. The van der Waals surface area contributed by atoms with Gasteiger partial charge in [-0.2, -0.15) is 0 Å². The summed E-state index contributed by atoms with van der Waals surface area (Å²) in [5.74, 6) is -3.26. The van der Waals surface area contributed by atoms with Crippen molar-refractivity contribution in [1.29, 1.82) is 0 Å². The van der Waals surface area contributed by atoms with E-state index in [9.17, 15) is 29.4 Å². The van der Waals surface area contributed by atoms with Gasteiger partial charge in [0.15, 0.2) is 0 Å². The molecule has 0 saturated heterocycles. The number of aliphatic hydroxyl groups excluding tert-OH is 1. The highest BCUT2D eigenvalue weighted by molar-refractivity contribution is 7.09. The predicted molar refractivity (Wildman–Crippen MR) is 179 cm³/mol. The minimum atomic E-state index is -1.03. The molecule has 1 aromatic carbocycles. The maximum Gasteiger partial charge on any atom is 0.307 e. The van der Waals surface area contributed by atoms with Crippen LogP contribution in [0.1, 0.15) is 108 Å². The van der Waals surface area contributed by atoms with E-state index < -0.39 is 47.4 Å². The number of carbonyl (C=O) groups excluding carboxylic acids is 3. The number of thiazole rings is 1. The summed E-state index contributed by atoms with van der Waals surface area (Å²) in [6.07, 6.45) is 0.566. The topological polar surface area (TPSA) is 146 Å². The van der Waals surface area contributed by atoms with Crippen molar-refractivity contribution in [1.82, 2.24) is 15.2 Å². The zero-order chi connectivity index (χ0) is 34.8. The summed E-state index contributed by atoms with van der Waals surface area (Å²) >= 11 is 1.16. The molecule has 0 radical (unpaired) electrons. The lowest BCUT2D eigenvalue weighted by atomic mass is 9.86. The summed E-state index contributed by atoms with van der Waals surface area (Å²) in [4.78, 5) is 57.3. The van der Waals surface area contributed by atoms with Crippen LogP contribution in [0.2, 0.25) is 0 Å². The molecular formula is C35H53N3O7S. The van der Waals surface area contributed by atoms with E-state index in [2.05, 4.69) is 10.3 Å². The highest BCUT2D eigenvalue weighted by Gasteiger charge is 2.35. The maximum atomic E-state index is 13.8. The Hall–Kier alpha value is -3.31. The molecule has 11 heteroatoms. The van der Waals surface area contributed by atoms with Crippen LogP contribution in [0.15, 0.2) is 35.7 Å². The summed E-state index contributed by atoms with van der Waals surface area (Å²) in [5.41, 5.74) is 0.458. The van der Waals surface area contributed by atoms with Gasteiger partial charge in [-0.15, -0.1) is 11.3 Å². The average Bonchev–Trinajstić information content (AvgIpc) is 3.47. The van der Waals surface area contributed by atoms with Crippen LogP contribution in [0.3, 0.4) is 0 Å². The molecule has 2 aromatic rings. The second-order valence-corrected chi connectivity index (χ2v) is 14.6. The number of nitrogens with zero attached hydrogens (tertiary/aromatic N) is 2. The number of nitrogens with one attached hydrogen (secondary N) is 1. The first kappa shape index (κ1) is 38.9. The van der Waals surface area contributed by atoms with Crippen molar-refractivity contribution in [2.45, 2.75) is 111 Å². The number of carboxylic acids is 1.